The zero-order chi connectivity index (χ0) is 15.5. The second-order valence-electron chi connectivity index (χ2n) is 6.39. The van der Waals surface area contributed by atoms with Crippen LogP contribution >= 0.6 is 11.3 Å². The Morgan fingerprint density at radius 1 is 1.10 bits per heavy atom. The standard InChI is InChI=1S/C18H25NOS/c1-13(14-6-8-15(20-5)9-7-14)19-12-16-10-11-17(21-16)18(2,3)4/h6-11,13,19H,12H2,1-5H3. The molecular formula is C18H25NOS. The molecule has 0 saturated heterocycles. The van der Waals surface area contributed by atoms with E-state index in [-0.39, 0.29) is 5.41 Å². The van der Waals surface area contributed by atoms with Crippen molar-refractivity contribution in [2.75, 3.05) is 7.11 Å². The van der Waals surface area contributed by atoms with Gasteiger partial charge in [-0.25, -0.2) is 0 Å². The molecule has 0 aliphatic heterocycles. The molecule has 1 atom stereocenters. The third-order valence-electron chi connectivity index (χ3n) is 3.60. The fourth-order valence-electron chi connectivity index (χ4n) is 2.14. The summed E-state index contributed by atoms with van der Waals surface area (Å²) in [6.07, 6.45) is 0. The number of rotatable bonds is 5. The van der Waals surface area contributed by atoms with E-state index in [2.05, 4.69) is 57.3 Å². The lowest BCUT2D eigenvalue weighted by Crippen LogP contribution is -2.17. The first-order chi connectivity index (χ1) is 9.90. The summed E-state index contributed by atoms with van der Waals surface area (Å²) < 4.78 is 5.19. The van der Waals surface area contributed by atoms with Crippen LogP contribution in [0.25, 0.3) is 0 Å². The first-order valence-electron chi connectivity index (χ1n) is 7.36. The Balaban J connectivity index is 1.94. The average molecular weight is 303 g/mol. The van der Waals surface area contributed by atoms with Crippen molar-refractivity contribution in [3.63, 3.8) is 0 Å². The van der Waals surface area contributed by atoms with Crippen molar-refractivity contribution in [1.29, 1.82) is 0 Å². The lowest BCUT2D eigenvalue weighted by Gasteiger charge is -2.16. The van der Waals surface area contributed by atoms with Crippen molar-refractivity contribution in [3.8, 4) is 5.75 Å². The van der Waals surface area contributed by atoms with Crippen LogP contribution < -0.4 is 10.1 Å². The fraction of sp³-hybridized carbons (Fsp3) is 0.444. The first kappa shape index (κ1) is 16.1. The maximum absolute atomic E-state index is 5.19. The molecule has 21 heavy (non-hydrogen) atoms. The van der Waals surface area contributed by atoms with Crippen LogP contribution in [0.2, 0.25) is 0 Å². The van der Waals surface area contributed by atoms with Gasteiger partial charge in [-0.15, -0.1) is 11.3 Å². The number of hydrogen-bond acceptors (Lipinski definition) is 3. The Hall–Kier alpha value is -1.32. The van der Waals surface area contributed by atoms with Crippen molar-refractivity contribution < 1.29 is 4.74 Å². The van der Waals surface area contributed by atoms with Crippen LogP contribution in [0.4, 0.5) is 0 Å². The summed E-state index contributed by atoms with van der Waals surface area (Å²) in [6.45, 7) is 9.89. The summed E-state index contributed by atoms with van der Waals surface area (Å²) in [4.78, 5) is 2.83. The minimum absolute atomic E-state index is 0.241. The molecule has 1 aromatic heterocycles. The highest BCUT2D eigenvalue weighted by atomic mass is 32.1. The van der Waals surface area contributed by atoms with Crippen LogP contribution in [0, 0.1) is 0 Å². The molecule has 1 heterocycles. The summed E-state index contributed by atoms with van der Waals surface area (Å²) in [5, 5.41) is 3.59. The summed E-state index contributed by atoms with van der Waals surface area (Å²) >= 11 is 1.90. The Morgan fingerprint density at radius 2 is 1.76 bits per heavy atom. The van der Waals surface area contributed by atoms with Crippen molar-refractivity contribution in [2.45, 2.75) is 45.7 Å². The second kappa shape index (κ2) is 6.63. The first-order valence-corrected chi connectivity index (χ1v) is 8.18. The summed E-state index contributed by atoms with van der Waals surface area (Å²) in [6, 6.07) is 13.1. The lowest BCUT2D eigenvalue weighted by atomic mass is 9.95. The average Bonchev–Trinajstić information content (AvgIpc) is 2.94. The smallest absolute Gasteiger partial charge is 0.118 e. The Kier molecular flexibility index (Phi) is 5.07. The minimum atomic E-state index is 0.241. The van der Waals surface area contributed by atoms with E-state index in [1.807, 2.05) is 23.5 Å². The normalized spacial score (nSPS) is 13.2. The van der Waals surface area contributed by atoms with E-state index >= 15 is 0 Å². The molecule has 3 heteroatoms. The number of methoxy groups -OCH3 is 1. The van der Waals surface area contributed by atoms with E-state index in [4.69, 9.17) is 4.74 Å². The van der Waals surface area contributed by atoms with E-state index in [0.29, 0.717) is 6.04 Å². The number of nitrogens with one attached hydrogen (secondary N) is 1. The summed E-state index contributed by atoms with van der Waals surface area (Å²) in [7, 11) is 1.69. The molecule has 114 valence electrons. The molecule has 0 saturated carbocycles. The van der Waals surface area contributed by atoms with Crippen LogP contribution in [-0.4, -0.2) is 7.11 Å². The molecule has 0 bridgehead atoms. The topological polar surface area (TPSA) is 21.3 Å². The zero-order valence-corrected chi connectivity index (χ0v) is 14.4. The fourth-order valence-corrected chi connectivity index (χ4v) is 3.16. The van der Waals surface area contributed by atoms with Gasteiger partial charge in [-0.2, -0.15) is 0 Å². The third-order valence-corrected chi connectivity index (χ3v) is 5.11. The van der Waals surface area contributed by atoms with E-state index in [9.17, 15) is 0 Å². The molecule has 1 unspecified atom stereocenters. The van der Waals surface area contributed by atoms with Gasteiger partial charge in [0.1, 0.15) is 5.75 Å². The maximum atomic E-state index is 5.19. The Morgan fingerprint density at radius 3 is 2.29 bits per heavy atom. The van der Waals surface area contributed by atoms with Gasteiger partial charge in [-0.3, -0.25) is 0 Å². The monoisotopic (exact) mass is 303 g/mol. The van der Waals surface area contributed by atoms with Gasteiger partial charge in [0.25, 0.3) is 0 Å². The van der Waals surface area contributed by atoms with Gasteiger partial charge in [0, 0.05) is 22.3 Å². The summed E-state index contributed by atoms with van der Waals surface area (Å²) in [5.74, 6) is 0.902. The van der Waals surface area contributed by atoms with E-state index in [1.165, 1.54) is 15.3 Å². The van der Waals surface area contributed by atoms with Gasteiger partial charge >= 0.3 is 0 Å². The molecule has 0 radical (unpaired) electrons. The van der Waals surface area contributed by atoms with E-state index in [0.717, 1.165) is 12.3 Å². The lowest BCUT2D eigenvalue weighted by molar-refractivity contribution is 0.414. The molecule has 1 N–H and O–H groups in total. The SMILES string of the molecule is COc1ccc(C(C)NCc2ccc(C(C)(C)C)s2)cc1. The number of ether oxygens (including phenoxy) is 1. The third kappa shape index (κ3) is 4.32. The largest absolute Gasteiger partial charge is 0.497 e. The maximum Gasteiger partial charge on any atom is 0.118 e. The van der Waals surface area contributed by atoms with Gasteiger partial charge in [-0.05, 0) is 42.2 Å². The quantitative estimate of drug-likeness (QED) is 0.848. The highest BCUT2D eigenvalue weighted by Gasteiger charge is 2.16. The zero-order valence-electron chi connectivity index (χ0n) is 13.6. The molecule has 0 amide bonds. The molecule has 0 aliphatic rings. The minimum Gasteiger partial charge on any atom is -0.497 e. The van der Waals surface area contributed by atoms with Gasteiger partial charge in [0.15, 0.2) is 0 Å². The Labute approximate surface area is 132 Å². The summed E-state index contributed by atoms with van der Waals surface area (Å²) in [5.41, 5.74) is 1.52. The number of benzene rings is 1. The Bertz CT molecular complexity index is 566. The van der Waals surface area contributed by atoms with Crippen LogP contribution in [-0.2, 0) is 12.0 Å². The van der Waals surface area contributed by atoms with Gasteiger partial charge in [-0.1, -0.05) is 32.9 Å². The number of thiophene rings is 1. The molecule has 2 rings (SSSR count). The molecule has 2 aromatic rings. The number of hydrogen-bond donors (Lipinski definition) is 1. The van der Waals surface area contributed by atoms with Crippen molar-refractivity contribution >= 4 is 11.3 Å². The molecule has 0 aliphatic carbocycles. The second-order valence-corrected chi connectivity index (χ2v) is 7.56. The highest BCUT2D eigenvalue weighted by Crippen LogP contribution is 2.29. The van der Waals surface area contributed by atoms with Crippen molar-refractivity contribution in [1.82, 2.24) is 5.32 Å². The molecular weight excluding hydrogens is 278 g/mol. The molecule has 2 nitrogen and oxygen atoms in total. The van der Waals surface area contributed by atoms with Crippen molar-refractivity contribution in [2.24, 2.45) is 0 Å². The van der Waals surface area contributed by atoms with Crippen LogP contribution in [0.15, 0.2) is 36.4 Å². The van der Waals surface area contributed by atoms with E-state index in [1.54, 1.807) is 7.11 Å². The predicted molar refractivity (Wildman–Crippen MR) is 91.3 cm³/mol. The van der Waals surface area contributed by atoms with Crippen molar-refractivity contribution in [3.05, 3.63) is 51.7 Å². The van der Waals surface area contributed by atoms with Crippen LogP contribution in [0.3, 0.4) is 0 Å². The highest BCUT2D eigenvalue weighted by molar-refractivity contribution is 7.12. The molecule has 0 fully saturated rings. The van der Waals surface area contributed by atoms with Gasteiger partial charge < -0.3 is 10.1 Å². The molecule has 0 spiro atoms. The molecule has 1 aromatic carbocycles. The van der Waals surface area contributed by atoms with Gasteiger partial charge in [0.2, 0.25) is 0 Å². The van der Waals surface area contributed by atoms with E-state index < -0.39 is 0 Å². The van der Waals surface area contributed by atoms with Crippen LogP contribution in [0.1, 0.15) is 49.1 Å². The van der Waals surface area contributed by atoms with Gasteiger partial charge in [0.05, 0.1) is 7.11 Å². The van der Waals surface area contributed by atoms with Crippen LogP contribution in [0.5, 0.6) is 5.75 Å². The predicted octanol–water partition coefficient (Wildman–Crippen LogP) is 4.91.